The first kappa shape index (κ1) is 16.7. The molecule has 0 heterocycles. The average Bonchev–Trinajstić information content (AvgIpc) is 2.12. The minimum Gasteiger partial charge on any atom is -1.00 e. The van der Waals surface area contributed by atoms with Gasteiger partial charge in [0.15, 0.2) is 12.4 Å². The first-order valence-electron chi connectivity index (χ1n) is 3.32. The Bertz CT molecular complexity index is 205. The van der Waals surface area contributed by atoms with Gasteiger partial charge in [0.2, 0.25) is 0 Å². The van der Waals surface area contributed by atoms with Crippen LogP contribution in [0.3, 0.4) is 0 Å². The molecule has 0 saturated carbocycles. The van der Waals surface area contributed by atoms with Gasteiger partial charge in [-0.15, -0.1) is 0 Å². The Morgan fingerprint density at radius 3 is 1.86 bits per heavy atom. The Kier molecular flexibility index (Phi) is 8.95. The number of aldehydes is 1. The molecule has 0 radical (unpaired) electrons. The molecule has 0 saturated heterocycles. The third-order valence-electron chi connectivity index (χ3n) is 1.42. The Labute approximate surface area is 112 Å². The number of carboxylic acids is 1. The molecule has 0 aliphatic heterocycles. The number of hydrogen-bond donors (Lipinski definition) is 5. The van der Waals surface area contributed by atoms with Crippen molar-refractivity contribution < 1.29 is 38.0 Å². The quantitative estimate of drug-likeness (QED) is 0.247. The molecular formula is C6H12CaO7. The van der Waals surface area contributed by atoms with Gasteiger partial charge in [-0.3, -0.25) is 0 Å². The van der Waals surface area contributed by atoms with Crippen LogP contribution < -0.4 is 0 Å². The Morgan fingerprint density at radius 2 is 1.57 bits per heavy atom. The molecular weight excluding hydrogens is 224 g/mol. The number of carbonyl (C=O) groups excluding carboxylic acids is 1. The molecule has 4 unspecified atom stereocenters. The Morgan fingerprint density at radius 1 is 1.14 bits per heavy atom. The molecule has 0 aromatic carbocycles. The number of aliphatic carboxylic acids is 1. The van der Waals surface area contributed by atoms with Crippen LogP contribution in [0.1, 0.15) is 2.85 Å². The number of aliphatic hydroxyl groups is 4. The molecule has 0 rings (SSSR count). The van der Waals surface area contributed by atoms with Crippen LogP contribution in [0.2, 0.25) is 0 Å². The van der Waals surface area contributed by atoms with E-state index in [4.69, 9.17) is 25.5 Å². The number of rotatable bonds is 5. The second-order valence-corrected chi connectivity index (χ2v) is 2.39. The molecule has 80 valence electrons. The largest absolute Gasteiger partial charge is 2.00 e. The molecule has 0 aliphatic rings. The normalized spacial score (nSPS) is 18.6. The summed E-state index contributed by atoms with van der Waals surface area (Å²) in [7, 11) is 0. The molecule has 8 heteroatoms. The fourth-order valence-corrected chi connectivity index (χ4v) is 0.615. The maximum absolute atomic E-state index is 10.1. The number of carbonyl (C=O) groups is 2. The van der Waals surface area contributed by atoms with E-state index in [1.165, 1.54) is 0 Å². The van der Waals surface area contributed by atoms with Crippen LogP contribution in [0.25, 0.3) is 0 Å². The summed E-state index contributed by atoms with van der Waals surface area (Å²) in [5.74, 6) is -1.76. The van der Waals surface area contributed by atoms with Gasteiger partial charge < -0.3 is 33.2 Å². The Balaban J connectivity index is -0.000000240. The third-order valence-corrected chi connectivity index (χ3v) is 1.42. The zero-order chi connectivity index (χ0) is 10.6. The molecule has 0 bridgehead atoms. The zero-order valence-electron chi connectivity index (χ0n) is 9.15. The van der Waals surface area contributed by atoms with Gasteiger partial charge in [0.05, 0.1) is 0 Å². The van der Waals surface area contributed by atoms with E-state index in [0.29, 0.717) is 0 Å². The van der Waals surface area contributed by atoms with Gasteiger partial charge in [-0.2, -0.15) is 0 Å². The van der Waals surface area contributed by atoms with Crippen molar-refractivity contribution in [2.75, 3.05) is 0 Å². The summed E-state index contributed by atoms with van der Waals surface area (Å²) in [6.07, 6.45) is -8.39. The Hall–Kier alpha value is 0.240. The predicted octanol–water partition coefficient (Wildman–Crippen LogP) is -3.44. The second-order valence-electron chi connectivity index (χ2n) is 2.39. The minimum atomic E-state index is -2.25. The maximum atomic E-state index is 10.1. The van der Waals surface area contributed by atoms with Crippen LogP contribution in [0.4, 0.5) is 0 Å². The minimum absolute atomic E-state index is 0. The van der Waals surface area contributed by atoms with Gasteiger partial charge in [0, 0.05) is 0 Å². The van der Waals surface area contributed by atoms with Gasteiger partial charge in [-0.1, -0.05) is 0 Å². The van der Waals surface area contributed by atoms with Crippen molar-refractivity contribution in [3.63, 3.8) is 0 Å². The summed E-state index contributed by atoms with van der Waals surface area (Å²) < 4.78 is 0. The topological polar surface area (TPSA) is 135 Å². The van der Waals surface area contributed by atoms with Crippen molar-refractivity contribution in [2.45, 2.75) is 24.4 Å². The first-order chi connectivity index (χ1) is 5.91. The van der Waals surface area contributed by atoms with E-state index in [1.54, 1.807) is 0 Å². The van der Waals surface area contributed by atoms with E-state index >= 15 is 0 Å². The average molecular weight is 236 g/mol. The molecule has 7 nitrogen and oxygen atoms in total. The fraction of sp³-hybridized carbons (Fsp3) is 0.667. The molecule has 0 aliphatic carbocycles. The van der Waals surface area contributed by atoms with Crippen LogP contribution in [-0.4, -0.2) is 99.9 Å². The van der Waals surface area contributed by atoms with E-state index in [9.17, 15) is 9.59 Å². The van der Waals surface area contributed by atoms with E-state index < -0.39 is 30.4 Å². The van der Waals surface area contributed by atoms with Crippen LogP contribution in [-0.2, 0) is 9.59 Å². The van der Waals surface area contributed by atoms with E-state index in [1.807, 2.05) is 0 Å². The maximum Gasteiger partial charge on any atom is 2.00 e. The van der Waals surface area contributed by atoms with Crippen molar-refractivity contribution >= 4 is 50.0 Å². The van der Waals surface area contributed by atoms with Crippen LogP contribution in [0.5, 0.6) is 0 Å². The SMILES string of the molecule is O=CC(O)C(O)C(O)C(O)C(=O)O.[Ca+2].[H-].[H-]. The summed E-state index contributed by atoms with van der Waals surface area (Å²) in [5, 5.41) is 43.2. The van der Waals surface area contributed by atoms with Crippen molar-refractivity contribution in [3.05, 3.63) is 0 Å². The molecule has 5 N–H and O–H groups in total. The van der Waals surface area contributed by atoms with E-state index in [2.05, 4.69) is 0 Å². The molecule has 0 aromatic rings. The molecule has 4 atom stereocenters. The first-order valence-corrected chi connectivity index (χ1v) is 3.32. The molecule has 0 spiro atoms. The molecule has 0 amide bonds. The van der Waals surface area contributed by atoms with E-state index in [-0.39, 0.29) is 46.9 Å². The number of carboxylic acid groups (broad SMARTS) is 1. The predicted molar refractivity (Wildman–Crippen MR) is 45.7 cm³/mol. The van der Waals surface area contributed by atoms with Gasteiger partial charge in [0.1, 0.15) is 18.3 Å². The smallest absolute Gasteiger partial charge is 1.00 e. The molecule has 0 fully saturated rings. The van der Waals surface area contributed by atoms with Gasteiger partial charge in [-0.25, -0.2) is 4.79 Å². The van der Waals surface area contributed by atoms with Crippen molar-refractivity contribution in [1.29, 1.82) is 0 Å². The molecule has 0 aromatic heterocycles. The van der Waals surface area contributed by atoms with Gasteiger partial charge >= 0.3 is 43.7 Å². The van der Waals surface area contributed by atoms with Crippen molar-refractivity contribution in [2.24, 2.45) is 0 Å². The summed E-state index contributed by atoms with van der Waals surface area (Å²) in [6.45, 7) is 0. The van der Waals surface area contributed by atoms with Crippen LogP contribution >= 0.6 is 0 Å². The van der Waals surface area contributed by atoms with Gasteiger partial charge in [0.25, 0.3) is 0 Å². The van der Waals surface area contributed by atoms with E-state index in [0.717, 1.165) is 0 Å². The van der Waals surface area contributed by atoms with Crippen LogP contribution in [0, 0.1) is 0 Å². The monoisotopic (exact) mass is 236 g/mol. The fourth-order valence-electron chi connectivity index (χ4n) is 0.615. The van der Waals surface area contributed by atoms with Crippen LogP contribution in [0.15, 0.2) is 0 Å². The van der Waals surface area contributed by atoms with Crippen molar-refractivity contribution in [3.8, 4) is 0 Å². The summed E-state index contributed by atoms with van der Waals surface area (Å²) in [4.78, 5) is 20.0. The second kappa shape index (κ2) is 7.52. The third kappa shape index (κ3) is 4.65. The molecule has 14 heavy (non-hydrogen) atoms. The standard InChI is InChI=1S/C6H10O7.Ca.2H/c7-1-2(8)3(9)4(10)5(11)6(12)13;;;/h1-5,8-11H,(H,12,13);;;/q;+2;2*-1. The number of aliphatic hydroxyl groups excluding tert-OH is 4. The summed E-state index contributed by atoms with van der Waals surface area (Å²) >= 11 is 0. The zero-order valence-corrected chi connectivity index (χ0v) is 9.35. The summed E-state index contributed by atoms with van der Waals surface area (Å²) in [5.41, 5.74) is 0. The summed E-state index contributed by atoms with van der Waals surface area (Å²) in [6, 6.07) is 0. The number of hydrogen-bond acceptors (Lipinski definition) is 6. The van der Waals surface area contributed by atoms with Crippen molar-refractivity contribution in [1.82, 2.24) is 0 Å². The van der Waals surface area contributed by atoms with Gasteiger partial charge in [-0.05, 0) is 0 Å².